The number of nitrogens with two attached hydrogens (primary N) is 1. The van der Waals surface area contributed by atoms with Crippen molar-refractivity contribution in [3.05, 3.63) is 28.8 Å². The average Bonchev–Trinajstić information content (AvgIpc) is 2.33. The Morgan fingerprint density at radius 1 is 1.41 bits per heavy atom. The van der Waals surface area contributed by atoms with Gasteiger partial charge in [0.15, 0.2) is 0 Å². The number of nitrogens with one attached hydrogen (secondary N) is 2. The Labute approximate surface area is 106 Å². The molecule has 0 bridgehead atoms. The lowest BCUT2D eigenvalue weighted by Crippen LogP contribution is -2.42. The standard InChI is InChI=1S/C12H16ClN3O/c13-11-2-1-8(14)7-10(11)12(17)16-9-3-5-15-6-4-9/h1-2,7,9,15H,3-6,14H2,(H,16,17). The van der Waals surface area contributed by atoms with Crippen molar-refractivity contribution >= 4 is 23.2 Å². The van der Waals surface area contributed by atoms with Gasteiger partial charge in [0.25, 0.3) is 5.91 Å². The van der Waals surface area contributed by atoms with Gasteiger partial charge in [-0.25, -0.2) is 0 Å². The maximum atomic E-state index is 12.0. The molecule has 1 fully saturated rings. The van der Waals surface area contributed by atoms with Crippen molar-refractivity contribution in [3.63, 3.8) is 0 Å². The predicted molar refractivity (Wildman–Crippen MR) is 69.2 cm³/mol. The lowest BCUT2D eigenvalue weighted by Gasteiger charge is -2.23. The maximum Gasteiger partial charge on any atom is 0.253 e. The Balaban J connectivity index is 2.05. The van der Waals surface area contributed by atoms with Gasteiger partial charge < -0.3 is 16.4 Å². The van der Waals surface area contributed by atoms with E-state index in [9.17, 15) is 4.79 Å². The van der Waals surface area contributed by atoms with Gasteiger partial charge in [0, 0.05) is 11.7 Å². The average molecular weight is 254 g/mol. The number of benzene rings is 1. The summed E-state index contributed by atoms with van der Waals surface area (Å²) in [6, 6.07) is 5.16. The SMILES string of the molecule is Nc1ccc(Cl)c(C(=O)NC2CCNCC2)c1. The lowest BCUT2D eigenvalue weighted by molar-refractivity contribution is 0.0930. The van der Waals surface area contributed by atoms with Crippen LogP contribution in [0, 0.1) is 0 Å². The number of halogens is 1. The molecule has 1 heterocycles. The van der Waals surface area contributed by atoms with E-state index in [0.717, 1.165) is 25.9 Å². The van der Waals surface area contributed by atoms with Gasteiger partial charge >= 0.3 is 0 Å². The van der Waals surface area contributed by atoms with Gasteiger partial charge in [0.05, 0.1) is 10.6 Å². The van der Waals surface area contributed by atoms with Crippen molar-refractivity contribution in [2.75, 3.05) is 18.8 Å². The molecular weight excluding hydrogens is 238 g/mol. The van der Waals surface area contributed by atoms with Crippen LogP contribution in [0.15, 0.2) is 18.2 Å². The van der Waals surface area contributed by atoms with Crippen LogP contribution in [0.5, 0.6) is 0 Å². The molecule has 4 nitrogen and oxygen atoms in total. The molecule has 1 aromatic rings. The van der Waals surface area contributed by atoms with Crippen LogP contribution in [-0.4, -0.2) is 25.0 Å². The van der Waals surface area contributed by atoms with Gasteiger partial charge in [-0.05, 0) is 44.1 Å². The molecular formula is C12H16ClN3O. The van der Waals surface area contributed by atoms with E-state index >= 15 is 0 Å². The second-order valence-corrected chi connectivity index (χ2v) is 4.64. The van der Waals surface area contributed by atoms with Gasteiger partial charge in [-0.15, -0.1) is 0 Å². The molecule has 1 aliphatic heterocycles. The number of piperidine rings is 1. The second-order valence-electron chi connectivity index (χ2n) is 4.24. The minimum Gasteiger partial charge on any atom is -0.399 e. The number of carbonyl (C=O) groups is 1. The number of carbonyl (C=O) groups excluding carboxylic acids is 1. The molecule has 92 valence electrons. The van der Waals surface area contributed by atoms with Crippen molar-refractivity contribution in [2.24, 2.45) is 0 Å². The Morgan fingerprint density at radius 2 is 2.12 bits per heavy atom. The number of rotatable bonds is 2. The van der Waals surface area contributed by atoms with Crippen molar-refractivity contribution in [2.45, 2.75) is 18.9 Å². The van der Waals surface area contributed by atoms with Crippen molar-refractivity contribution in [1.29, 1.82) is 0 Å². The molecule has 0 aromatic heterocycles. The highest BCUT2D eigenvalue weighted by Crippen LogP contribution is 2.19. The molecule has 1 amide bonds. The van der Waals surface area contributed by atoms with Gasteiger partial charge in [-0.1, -0.05) is 11.6 Å². The third-order valence-electron chi connectivity index (χ3n) is 2.91. The van der Waals surface area contributed by atoms with Gasteiger partial charge in [-0.3, -0.25) is 4.79 Å². The summed E-state index contributed by atoms with van der Waals surface area (Å²) >= 11 is 5.98. The van der Waals surface area contributed by atoms with Crippen molar-refractivity contribution < 1.29 is 4.79 Å². The summed E-state index contributed by atoms with van der Waals surface area (Å²) < 4.78 is 0. The maximum absolute atomic E-state index is 12.0. The fraction of sp³-hybridized carbons (Fsp3) is 0.417. The van der Waals surface area contributed by atoms with E-state index in [1.165, 1.54) is 0 Å². The Bertz CT molecular complexity index is 416. The third kappa shape index (κ3) is 3.11. The molecule has 1 aliphatic rings. The van der Waals surface area contributed by atoms with Gasteiger partial charge in [-0.2, -0.15) is 0 Å². The number of nitrogen functional groups attached to an aromatic ring is 1. The fourth-order valence-electron chi connectivity index (χ4n) is 1.95. The lowest BCUT2D eigenvalue weighted by atomic mass is 10.1. The van der Waals surface area contributed by atoms with Gasteiger partial charge in [0.1, 0.15) is 0 Å². The molecule has 0 unspecified atom stereocenters. The predicted octanol–water partition coefficient (Wildman–Crippen LogP) is 1.40. The first-order valence-electron chi connectivity index (χ1n) is 5.73. The van der Waals surface area contributed by atoms with E-state index in [4.69, 9.17) is 17.3 Å². The summed E-state index contributed by atoms with van der Waals surface area (Å²) in [7, 11) is 0. The summed E-state index contributed by atoms with van der Waals surface area (Å²) in [6.45, 7) is 1.88. The third-order valence-corrected chi connectivity index (χ3v) is 3.24. The Morgan fingerprint density at radius 3 is 2.82 bits per heavy atom. The fourth-order valence-corrected chi connectivity index (χ4v) is 2.15. The quantitative estimate of drug-likeness (QED) is 0.698. The van der Waals surface area contributed by atoms with Crippen LogP contribution in [0.1, 0.15) is 23.2 Å². The summed E-state index contributed by atoms with van der Waals surface area (Å²) in [5.74, 6) is -0.144. The largest absolute Gasteiger partial charge is 0.399 e. The highest BCUT2D eigenvalue weighted by Gasteiger charge is 2.17. The van der Waals surface area contributed by atoms with Crippen LogP contribution in [-0.2, 0) is 0 Å². The second kappa shape index (κ2) is 5.38. The highest BCUT2D eigenvalue weighted by molar-refractivity contribution is 6.34. The first-order valence-corrected chi connectivity index (χ1v) is 6.11. The molecule has 4 N–H and O–H groups in total. The van der Waals surface area contributed by atoms with E-state index in [2.05, 4.69) is 10.6 Å². The summed E-state index contributed by atoms with van der Waals surface area (Å²) in [4.78, 5) is 12.0. The number of hydrogen-bond acceptors (Lipinski definition) is 3. The molecule has 0 saturated carbocycles. The molecule has 1 saturated heterocycles. The highest BCUT2D eigenvalue weighted by atomic mass is 35.5. The molecule has 1 aromatic carbocycles. The summed E-state index contributed by atoms with van der Waals surface area (Å²) in [5.41, 5.74) is 6.65. The molecule has 0 atom stereocenters. The molecule has 0 radical (unpaired) electrons. The van der Waals surface area contributed by atoms with Crippen LogP contribution in [0.2, 0.25) is 5.02 Å². The smallest absolute Gasteiger partial charge is 0.253 e. The van der Waals surface area contributed by atoms with Crippen LogP contribution in [0.3, 0.4) is 0 Å². The normalized spacial score (nSPS) is 16.8. The zero-order valence-electron chi connectivity index (χ0n) is 9.50. The topological polar surface area (TPSA) is 67.2 Å². The van der Waals surface area contributed by atoms with Crippen molar-refractivity contribution in [1.82, 2.24) is 10.6 Å². The number of anilines is 1. The van der Waals surface area contributed by atoms with Crippen LogP contribution < -0.4 is 16.4 Å². The molecule has 0 spiro atoms. The van der Waals surface area contributed by atoms with Crippen LogP contribution in [0.25, 0.3) is 0 Å². The zero-order valence-corrected chi connectivity index (χ0v) is 10.3. The van der Waals surface area contributed by atoms with Crippen molar-refractivity contribution in [3.8, 4) is 0 Å². The first kappa shape index (κ1) is 12.2. The monoisotopic (exact) mass is 253 g/mol. The number of amides is 1. The molecule has 5 heteroatoms. The summed E-state index contributed by atoms with van der Waals surface area (Å²) in [6.07, 6.45) is 1.90. The van der Waals surface area contributed by atoms with E-state index in [0.29, 0.717) is 16.3 Å². The van der Waals surface area contributed by atoms with Crippen LogP contribution in [0.4, 0.5) is 5.69 Å². The zero-order chi connectivity index (χ0) is 12.3. The molecule has 0 aliphatic carbocycles. The molecule has 2 rings (SSSR count). The Kier molecular flexibility index (Phi) is 3.86. The minimum atomic E-state index is -0.144. The minimum absolute atomic E-state index is 0.144. The molecule has 17 heavy (non-hydrogen) atoms. The van der Waals surface area contributed by atoms with E-state index < -0.39 is 0 Å². The number of hydrogen-bond donors (Lipinski definition) is 3. The van der Waals surface area contributed by atoms with E-state index in [1.807, 2.05) is 0 Å². The van der Waals surface area contributed by atoms with Crippen LogP contribution >= 0.6 is 11.6 Å². The first-order chi connectivity index (χ1) is 8.16. The summed E-state index contributed by atoms with van der Waals surface area (Å²) in [5, 5.41) is 6.67. The van der Waals surface area contributed by atoms with E-state index in [-0.39, 0.29) is 11.9 Å². The van der Waals surface area contributed by atoms with E-state index in [1.54, 1.807) is 18.2 Å². The van der Waals surface area contributed by atoms with Gasteiger partial charge in [0.2, 0.25) is 0 Å². The Hall–Kier alpha value is -1.26.